The average Bonchev–Trinajstić information content (AvgIpc) is 3.21. The summed E-state index contributed by atoms with van der Waals surface area (Å²) in [7, 11) is 0. The second-order valence-electron chi connectivity index (χ2n) is 7.89. The van der Waals surface area contributed by atoms with Gasteiger partial charge in [0.1, 0.15) is 6.10 Å². The first-order chi connectivity index (χ1) is 12.2. The molecular weight excluding hydrogens is 334 g/mol. The van der Waals surface area contributed by atoms with Crippen LogP contribution < -0.4 is 0 Å². The number of fused-ring (bicyclic) bond motifs is 1. The summed E-state index contributed by atoms with van der Waals surface area (Å²) in [5.41, 5.74) is -1.43. The third kappa shape index (κ3) is 4.12. The number of aliphatic hydroxyl groups is 1. The van der Waals surface area contributed by atoms with Gasteiger partial charge >= 0.3 is 11.9 Å². The zero-order chi connectivity index (χ0) is 19.5. The molecule has 0 aromatic carbocycles. The van der Waals surface area contributed by atoms with E-state index in [2.05, 4.69) is 4.90 Å². The van der Waals surface area contributed by atoms with Gasteiger partial charge in [0.15, 0.2) is 0 Å². The van der Waals surface area contributed by atoms with Gasteiger partial charge in [0.2, 0.25) is 5.60 Å². The number of ether oxygens (including phenoxy) is 2. The third-order valence-electron chi connectivity index (χ3n) is 6.04. The molecule has 0 unspecified atom stereocenters. The Bertz CT molecular complexity index is 558. The Morgan fingerprint density at radius 2 is 1.96 bits per heavy atom. The molecule has 6 nitrogen and oxygen atoms in total. The summed E-state index contributed by atoms with van der Waals surface area (Å²) in [6.45, 7) is 10.8. The molecular formula is C20H33NO5. The highest BCUT2D eigenvalue weighted by molar-refractivity contribution is 5.88. The number of hydrogen-bond donors (Lipinski definition) is 1. The lowest BCUT2D eigenvalue weighted by molar-refractivity contribution is -0.193. The first-order valence-electron chi connectivity index (χ1n) is 9.69. The Morgan fingerprint density at radius 1 is 1.27 bits per heavy atom. The molecule has 4 atom stereocenters. The van der Waals surface area contributed by atoms with Crippen molar-refractivity contribution in [2.45, 2.75) is 71.6 Å². The Morgan fingerprint density at radius 3 is 2.58 bits per heavy atom. The van der Waals surface area contributed by atoms with E-state index in [1.807, 2.05) is 0 Å². The van der Waals surface area contributed by atoms with Crippen LogP contribution in [-0.2, 0) is 19.1 Å². The van der Waals surface area contributed by atoms with Gasteiger partial charge in [-0.1, -0.05) is 19.9 Å². The van der Waals surface area contributed by atoms with Crippen LogP contribution in [0.25, 0.3) is 0 Å². The number of carbonyl (C=O) groups is 2. The van der Waals surface area contributed by atoms with E-state index in [1.165, 1.54) is 13.3 Å². The van der Waals surface area contributed by atoms with Crippen molar-refractivity contribution in [3.05, 3.63) is 11.6 Å². The number of allylic oxidation sites excluding steroid dienone is 1. The molecule has 0 spiro atoms. The van der Waals surface area contributed by atoms with Crippen LogP contribution in [0, 0.1) is 11.8 Å². The fourth-order valence-corrected chi connectivity index (χ4v) is 4.01. The molecule has 0 saturated carbocycles. The molecule has 0 aromatic rings. The smallest absolute Gasteiger partial charge is 0.342 e. The van der Waals surface area contributed by atoms with Crippen LogP contribution in [0.4, 0.5) is 0 Å². The van der Waals surface area contributed by atoms with Crippen LogP contribution in [0.2, 0.25) is 0 Å². The molecule has 1 N–H and O–H groups in total. The van der Waals surface area contributed by atoms with E-state index in [4.69, 9.17) is 9.47 Å². The van der Waals surface area contributed by atoms with Gasteiger partial charge in [-0.05, 0) is 59.0 Å². The molecule has 2 rings (SSSR count). The highest BCUT2D eigenvalue weighted by atomic mass is 16.6. The molecule has 0 aliphatic carbocycles. The molecule has 6 heteroatoms. The maximum Gasteiger partial charge on any atom is 0.342 e. The summed E-state index contributed by atoms with van der Waals surface area (Å²) >= 11 is 0. The summed E-state index contributed by atoms with van der Waals surface area (Å²) in [6.07, 6.45) is 4.00. The van der Waals surface area contributed by atoms with Gasteiger partial charge in [0, 0.05) is 17.5 Å². The minimum Gasteiger partial charge on any atom is -0.463 e. The van der Waals surface area contributed by atoms with Gasteiger partial charge in [-0.15, -0.1) is 0 Å². The quantitative estimate of drug-likeness (QED) is 0.550. The minimum absolute atomic E-state index is 0.309. The van der Waals surface area contributed by atoms with Crippen molar-refractivity contribution in [3.8, 4) is 0 Å². The molecule has 2 fully saturated rings. The van der Waals surface area contributed by atoms with Crippen molar-refractivity contribution in [2.24, 2.45) is 11.8 Å². The Balaban J connectivity index is 2.00. The molecule has 26 heavy (non-hydrogen) atoms. The van der Waals surface area contributed by atoms with Crippen LogP contribution in [0.1, 0.15) is 53.9 Å². The predicted molar refractivity (Wildman–Crippen MR) is 98.4 cm³/mol. The van der Waals surface area contributed by atoms with Crippen molar-refractivity contribution >= 4 is 11.9 Å². The summed E-state index contributed by atoms with van der Waals surface area (Å²) < 4.78 is 10.9. The summed E-state index contributed by atoms with van der Waals surface area (Å²) in [4.78, 5) is 27.2. The molecule has 0 bridgehead atoms. The minimum atomic E-state index is -1.86. The lowest BCUT2D eigenvalue weighted by Crippen LogP contribution is -2.55. The van der Waals surface area contributed by atoms with Gasteiger partial charge in [-0.25, -0.2) is 9.59 Å². The van der Waals surface area contributed by atoms with E-state index in [0.717, 1.165) is 25.9 Å². The molecule has 2 aliphatic heterocycles. The van der Waals surface area contributed by atoms with Gasteiger partial charge in [-0.2, -0.15) is 0 Å². The number of nitrogens with zero attached hydrogens (tertiary/aromatic N) is 1. The first kappa shape index (κ1) is 20.9. The number of carbonyl (C=O) groups excluding carboxylic acids is 2. The van der Waals surface area contributed by atoms with E-state index >= 15 is 0 Å². The van der Waals surface area contributed by atoms with Crippen molar-refractivity contribution in [2.75, 3.05) is 19.7 Å². The lowest BCUT2D eigenvalue weighted by Gasteiger charge is -2.35. The van der Waals surface area contributed by atoms with E-state index in [9.17, 15) is 14.7 Å². The largest absolute Gasteiger partial charge is 0.463 e. The Kier molecular flexibility index (Phi) is 6.86. The van der Waals surface area contributed by atoms with Crippen molar-refractivity contribution in [3.63, 3.8) is 0 Å². The molecule has 0 aromatic heterocycles. The second-order valence-corrected chi connectivity index (χ2v) is 7.89. The molecule has 0 radical (unpaired) electrons. The average molecular weight is 367 g/mol. The second kappa shape index (κ2) is 8.53. The van der Waals surface area contributed by atoms with Gasteiger partial charge in [-0.3, -0.25) is 4.90 Å². The first-order valence-corrected chi connectivity index (χ1v) is 9.69. The molecule has 0 amide bonds. The van der Waals surface area contributed by atoms with Crippen molar-refractivity contribution in [1.82, 2.24) is 4.90 Å². The van der Waals surface area contributed by atoms with Crippen LogP contribution in [0.5, 0.6) is 0 Å². The topological polar surface area (TPSA) is 76.1 Å². The maximum atomic E-state index is 12.7. The zero-order valence-electron chi connectivity index (χ0n) is 16.7. The maximum absolute atomic E-state index is 12.7. The fraction of sp³-hybridized carbons (Fsp3) is 0.800. The third-order valence-corrected chi connectivity index (χ3v) is 6.04. The molecule has 148 valence electrons. The Labute approximate surface area is 156 Å². The van der Waals surface area contributed by atoms with Gasteiger partial charge in [0.05, 0.1) is 6.61 Å². The Hall–Kier alpha value is -1.40. The monoisotopic (exact) mass is 367 g/mol. The number of esters is 2. The highest BCUT2D eigenvalue weighted by Gasteiger charge is 2.49. The lowest BCUT2D eigenvalue weighted by atomic mass is 9.85. The van der Waals surface area contributed by atoms with Gasteiger partial charge < -0.3 is 14.6 Å². The van der Waals surface area contributed by atoms with Crippen molar-refractivity contribution in [1.29, 1.82) is 0 Å². The van der Waals surface area contributed by atoms with Gasteiger partial charge in [0.25, 0.3) is 0 Å². The van der Waals surface area contributed by atoms with Crippen LogP contribution in [0.3, 0.4) is 0 Å². The highest BCUT2D eigenvalue weighted by Crippen LogP contribution is 2.33. The van der Waals surface area contributed by atoms with Crippen LogP contribution in [0.15, 0.2) is 11.6 Å². The van der Waals surface area contributed by atoms with E-state index < -0.39 is 29.6 Å². The van der Waals surface area contributed by atoms with Crippen LogP contribution >= 0.6 is 0 Å². The summed E-state index contributed by atoms with van der Waals surface area (Å²) in [5, 5.41) is 11.0. The predicted octanol–water partition coefficient (Wildman–Crippen LogP) is 2.30. The van der Waals surface area contributed by atoms with E-state index in [-0.39, 0.29) is 0 Å². The summed E-state index contributed by atoms with van der Waals surface area (Å²) in [5.74, 6) is -1.37. The van der Waals surface area contributed by atoms with Crippen molar-refractivity contribution < 1.29 is 24.2 Å². The fourth-order valence-electron chi connectivity index (χ4n) is 4.01. The van der Waals surface area contributed by atoms with Crippen LogP contribution in [-0.4, -0.2) is 59.4 Å². The number of rotatable bonds is 7. The molecule has 2 saturated heterocycles. The normalized spacial score (nSPS) is 27.1. The molecule has 2 aliphatic rings. The SMILES string of the molecule is C/C=C(\C)C(=O)O[C@H](C)[C@](O)(C(=O)OC[C@@H]1CCN2CCC[C@H]12)C(C)C. The number of hydrogen-bond acceptors (Lipinski definition) is 6. The van der Waals surface area contributed by atoms with E-state index in [0.29, 0.717) is 24.1 Å². The van der Waals surface area contributed by atoms with E-state index in [1.54, 1.807) is 33.8 Å². The standard InChI is InChI=1S/C20H33NO5/c1-6-14(4)18(22)26-15(5)20(24,13(2)3)19(23)25-12-16-9-11-21-10-7-8-17(16)21/h6,13,15-17,24H,7-12H2,1-5H3/b14-6+/t15-,16+,17-,20+/m1/s1. The summed E-state index contributed by atoms with van der Waals surface area (Å²) in [6, 6.07) is 0.488. The molecule has 2 heterocycles. The zero-order valence-corrected chi connectivity index (χ0v) is 16.7.